The Morgan fingerprint density at radius 3 is 2.43 bits per heavy atom. The highest BCUT2D eigenvalue weighted by atomic mass is 127. The largest absolute Gasteiger partial charge is 0.443 e. The number of nitrogens with zero attached hydrogens (tertiary/aromatic N) is 4. The summed E-state index contributed by atoms with van der Waals surface area (Å²) in [4.78, 5) is 25.0. The number of guanidine groups is 1. The van der Waals surface area contributed by atoms with Crippen molar-refractivity contribution in [3.63, 3.8) is 0 Å². The fourth-order valence-corrected chi connectivity index (χ4v) is 2.91. The number of amides is 1. The summed E-state index contributed by atoms with van der Waals surface area (Å²) in [6, 6.07) is 0.177. The summed E-state index contributed by atoms with van der Waals surface area (Å²) in [5.74, 6) is 2.45. The van der Waals surface area contributed by atoms with Crippen LogP contribution in [0, 0.1) is 0 Å². The summed E-state index contributed by atoms with van der Waals surface area (Å²) in [7, 11) is 1.78. The van der Waals surface area contributed by atoms with Gasteiger partial charge in [-0.3, -0.25) is 14.7 Å². The Bertz CT molecular complexity index is 645. The summed E-state index contributed by atoms with van der Waals surface area (Å²) < 4.78 is 5.82. The zero-order chi connectivity index (χ0) is 20.0. The maximum atomic E-state index is 11.9. The Kier molecular flexibility index (Phi) is 9.68. The molecule has 1 aliphatic heterocycles. The Labute approximate surface area is 185 Å². The minimum absolute atomic E-state index is 0. The van der Waals surface area contributed by atoms with Gasteiger partial charge in [0.2, 0.25) is 11.8 Å². The lowest BCUT2D eigenvalue weighted by Gasteiger charge is -2.36. The van der Waals surface area contributed by atoms with Crippen molar-refractivity contribution in [1.29, 1.82) is 0 Å². The first-order chi connectivity index (χ1) is 12.7. The topological polar surface area (TPSA) is 86.0 Å². The van der Waals surface area contributed by atoms with Crippen LogP contribution in [-0.4, -0.2) is 72.5 Å². The summed E-state index contributed by atoms with van der Waals surface area (Å²) in [6.45, 7) is 14.5. The van der Waals surface area contributed by atoms with E-state index in [1.807, 2.05) is 13.8 Å². The molecule has 0 atom stereocenters. The van der Waals surface area contributed by atoms with Crippen LogP contribution in [0.15, 0.2) is 15.6 Å². The molecule has 1 saturated heterocycles. The molecule has 8 nitrogen and oxygen atoms in total. The number of piperazine rings is 1. The van der Waals surface area contributed by atoms with Gasteiger partial charge in [-0.05, 0) is 13.8 Å². The molecule has 1 fully saturated rings. The number of nitrogens with one attached hydrogen (secondary N) is 2. The highest BCUT2D eigenvalue weighted by Crippen LogP contribution is 2.22. The van der Waals surface area contributed by atoms with Gasteiger partial charge in [0.05, 0.1) is 19.3 Å². The molecule has 160 valence electrons. The standard InChI is InChI=1S/C19H34N6O2.HI/c1-14(2)23-16(26)13-24-7-9-25(10-8-24)18(20-6)22-12-17-21-11-15(27-17)19(3,4)5;/h11,14H,7-10,12-13H2,1-6H3,(H,20,22)(H,23,26);1H. The van der Waals surface area contributed by atoms with Gasteiger partial charge in [-0.15, -0.1) is 24.0 Å². The van der Waals surface area contributed by atoms with E-state index < -0.39 is 0 Å². The quantitative estimate of drug-likeness (QED) is 0.360. The fourth-order valence-electron chi connectivity index (χ4n) is 2.91. The average molecular weight is 506 g/mol. The highest BCUT2D eigenvalue weighted by molar-refractivity contribution is 14.0. The minimum atomic E-state index is -0.0505. The molecular weight excluding hydrogens is 471 g/mol. The first kappa shape index (κ1) is 24.7. The summed E-state index contributed by atoms with van der Waals surface area (Å²) in [6.07, 6.45) is 1.79. The van der Waals surface area contributed by atoms with Crippen molar-refractivity contribution in [3.05, 3.63) is 17.8 Å². The van der Waals surface area contributed by atoms with Crippen molar-refractivity contribution in [3.8, 4) is 0 Å². The lowest BCUT2D eigenvalue weighted by Crippen LogP contribution is -2.54. The molecule has 2 N–H and O–H groups in total. The number of carbonyl (C=O) groups is 1. The molecule has 28 heavy (non-hydrogen) atoms. The van der Waals surface area contributed by atoms with Crippen LogP contribution >= 0.6 is 24.0 Å². The van der Waals surface area contributed by atoms with Gasteiger partial charge in [-0.2, -0.15) is 0 Å². The van der Waals surface area contributed by atoms with E-state index in [1.54, 1.807) is 13.2 Å². The molecular formula is C19H35IN6O2. The molecule has 0 bridgehead atoms. The second kappa shape index (κ2) is 11.0. The molecule has 1 aromatic rings. The first-order valence-corrected chi connectivity index (χ1v) is 9.61. The smallest absolute Gasteiger partial charge is 0.234 e. The molecule has 0 spiro atoms. The number of hydrogen-bond donors (Lipinski definition) is 2. The number of aromatic nitrogens is 1. The maximum Gasteiger partial charge on any atom is 0.234 e. The Morgan fingerprint density at radius 2 is 1.93 bits per heavy atom. The number of oxazole rings is 1. The van der Waals surface area contributed by atoms with Crippen molar-refractivity contribution in [2.45, 2.75) is 52.6 Å². The molecule has 0 unspecified atom stereocenters. The van der Waals surface area contributed by atoms with E-state index in [1.165, 1.54) is 0 Å². The molecule has 0 aromatic carbocycles. The van der Waals surface area contributed by atoms with Crippen LogP contribution in [0.3, 0.4) is 0 Å². The van der Waals surface area contributed by atoms with Crippen LogP contribution in [0.2, 0.25) is 0 Å². The highest BCUT2D eigenvalue weighted by Gasteiger charge is 2.22. The van der Waals surface area contributed by atoms with E-state index in [0.29, 0.717) is 19.0 Å². The SMILES string of the molecule is CN=C(NCc1ncc(C(C)(C)C)o1)N1CCN(CC(=O)NC(C)C)CC1.I. The number of rotatable bonds is 5. The zero-order valence-corrected chi connectivity index (χ0v) is 20.2. The third kappa shape index (κ3) is 7.57. The van der Waals surface area contributed by atoms with Crippen LogP contribution in [0.25, 0.3) is 0 Å². The van der Waals surface area contributed by atoms with Crippen LogP contribution in [0.4, 0.5) is 0 Å². The average Bonchev–Trinajstić information content (AvgIpc) is 3.05. The van der Waals surface area contributed by atoms with Gasteiger partial charge in [0.25, 0.3) is 0 Å². The van der Waals surface area contributed by atoms with Gasteiger partial charge in [-0.1, -0.05) is 20.8 Å². The molecule has 1 amide bonds. The van der Waals surface area contributed by atoms with Crippen LogP contribution in [0.5, 0.6) is 0 Å². The maximum absolute atomic E-state index is 11.9. The lowest BCUT2D eigenvalue weighted by molar-refractivity contribution is -0.123. The normalized spacial score (nSPS) is 16.1. The first-order valence-electron chi connectivity index (χ1n) is 9.61. The Morgan fingerprint density at radius 1 is 1.29 bits per heavy atom. The van der Waals surface area contributed by atoms with Gasteiger partial charge >= 0.3 is 0 Å². The summed E-state index contributed by atoms with van der Waals surface area (Å²) in [5.41, 5.74) is -0.0505. The van der Waals surface area contributed by atoms with Crippen molar-refractivity contribution in [1.82, 2.24) is 25.4 Å². The van der Waals surface area contributed by atoms with E-state index in [-0.39, 0.29) is 41.3 Å². The second-order valence-corrected chi connectivity index (χ2v) is 8.25. The van der Waals surface area contributed by atoms with Crippen molar-refractivity contribution < 1.29 is 9.21 Å². The summed E-state index contributed by atoms with van der Waals surface area (Å²) >= 11 is 0. The fraction of sp³-hybridized carbons (Fsp3) is 0.737. The van der Waals surface area contributed by atoms with E-state index in [2.05, 4.69) is 51.2 Å². The van der Waals surface area contributed by atoms with Gasteiger partial charge in [0.15, 0.2) is 5.96 Å². The molecule has 0 saturated carbocycles. The predicted octanol–water partition coefficient (Wildman–Crippen LogP) is 1.81. The monoisotopic (exact) mass is 506 g/mol. The number of aliphatic imine (C=N–C) groups is 1. The second-order valence-electron chi connectivity index (χ2n) is 8.25. The van der Waals surface area contributed by atoms with Gasteiger partial charge < -0.3 is 20.0 Å². The van der Waals surface area contributed by atoms with Crippen LogP contribution in [-0.2, 0) is 16.8 Å². The van der Waals surface area contributed by atoms with Crippen molar-refractivity contribution >= 4 is 35.8 Å². The van der Waals surface area contributed by atoms with E-state index in [9.17, 15) is 4.79 Å². The number of carbonyl (C=O) groups excluding carboxylic acids is 1. The third-order valence-electron chi connectivity index (χ3n) is 4.39. The van der Waals surface area contributed by atoms with Crippen molar-refractivity contribution in [2.24, 2.45) is 4.99 Å². The van der Waals surface area contributed by atoms with E-state index in [0.717, 1.165) is 37.9 Å². The number of hydrogen-bond acceptors (Lipinski definition) is 5. The molecule has 1 aromatic heterocycles. The Hall–Kier alpha value is -1.36. The van der Waals surface area contributed by atoms with Gasteiger partial charge in [-0.25, -0.2) is 4.98 Å². The molecule has 9 heteroatoms. The van der Waals surface area contributed by atoms with Crippen LogP contribution < -0.4 is 10.6 Å². The van der Waals surface area contributed by atoms with E-state index >= 15 is 0 Å². The lowest BCUT2D eigenvalue weighted by atomic mass is 9.94. The summed E-state index contributed by atoms with van der Waals surface area (Å²) in [5, 5.41) is 6.26. The van der Waals surface area contributed by atoms with E-state index in [4.69, 9.17) is 4.42 Å². The van der Waals surface area contributed by atoms with Crippen molar-refractivity contribution in [2.75, 3.05) is 39.8 Å². The van der Waals surface area contributed by atoms with Crippen LogP contribution in [0.1, 0.15) is 46.3 Å². The molecule has 0 radical (unpaired) electrons. The molecule has 2 rings (SSSR count). The van der Waals surface area contributed by atoms with Gasteiger partial charge in [0.1, 0.15) is 5.76 Å². The Balaban J connectivity index is 0.00000392. The zero-order valence-electron chi connectivity index (χ0n) is 17.9. The van der Waals surface area contributed by atoms with Gasteiger partial charge in [0, 0.05) is 44.7 Å². The predicted molar refractivity (Wildman–Crippen MR) is 122 cm³/mol. The number of halogens is 1. The third-order valence-corrected chi connectivity index (χ3v) is 4.39. The molecule has 2 heterocycles. The molecule has 1 aliphatic rings. The molecule has 0 aliphatic carbocycles. The minimum Gasteiger partial charge on any atom is -0.443 e.